The molecule has 0 radical (unpaired) electrons. The fourth-order valence-corrected chi connectivity index (χ4v) is 2.53. The molecule has 0 spiro atoms. The van der Waals surface area contributed by atoms with Crippen molar-refractivity contribution >= 4 is 11.6 Å². The summed E-state index contributed by atoms with van der Waals surface area (Å²) in [5, 5.41) is 6.10. The molecule has 2 heterocycles. The minimum Gasteiger partial charge on any atom is -0.467 e. The highest BCUT2D eigenvalue weighted by Gasteiger charge is 2.33. The summed E-state index contributed by atoms with van der Waals surface area (Å²) in [5.74, 6) is 0.793. The van der Waals surface area contributed by atoms with Crippen LogP contribution in [0.5, 0.6) is 0 Å². The van der Waals surface area contributed by atoms with E-state index in [0.29, 0.717) is 12.8 Å². The van der Waals surface area contributed by atoms with E-state index in [1.54, 1.807) is 11.3 Å². The molecule has 21 heavy (non-hydrogen) atoms. The smallest absolute Gasteiger partial charge is 0.243 e. The van der Waals surface area contributed by atoms with Crippen molar-refractivity contribution in [2.24, 2.45) is 5.10 Å². The van der Waals surface area contributed by atoms with Crippen molar-refractivity contribution in [3.63, 3.8) is 0 Å². The van der Waals surface area contributed by atoms with E-state index in [-0.39, 0.29) is 11.9 Å². The van der Waals surface area contributed by atoms with E-state index < -0.39 is 0 Å². The molecule has 108 valence electrons. The van der Waals surface area contributed by atoms with Crippen LogP contribution in [0.3, 0.4) is 0 Å². The third kappa shape index (κ3) is 2.61. The third-order valence-corrected chi connectivity index (χ3v) is 3.72. The fourth-order valence-electron chi connectivity index (χ4n) is 2.53. The highest BCUT2D eigenvalue weighted by atomic mass is 16.3. The first-order valence-corrected chi connectivity index (χ1v) is 7.19. The van der Waals surface area contributed by atoms with Crippen LogP contribution in [0.4, 0.5) is 0 Å². The summed E-state index contributed by atoms with van der Waals surface area (Å²) in [6, 6.07) is 11.8. The molecule has 4 nitrogen and oxygen atoms in total. The molecule has 2 aromatic rings. The molecular formula is C17H18N2O2. The minimum absolute atomic E-state index is 0.0125. The zero-order chi connectivity index (χ0) is 14.8. The molecule has 0 N–H and O–H groups in total. The normalized spacial score (nSPS) is 17.9. The number of nitrogens with zero attached hydrogens (tertiary/aromatic N) is 2. The molecule has 3 rings (SSSR count). The zero-order valence-electron chi connectivity index (χ0n) is 12.2. The Balaban J connectivity index is 1.93. The number of rotatable bonds is 3. The van der Waals surface area contributed by atoms with Crippen LogP contribution in [-0.2, 0) is 4.79 Å². The number of hydrogen-bond donors (Lipinski definition) is 0. The Morgan fingerprint density at radius 1 is 1.33 bits per heavy atom. The molecule has 1 aromatic heterocycles. The van der Waals surface area contributed by atoms with Crippen LogP contribution in [0.1, 0.15) is 42.7 Å². The lowest BCUT2D eigenvalue weighted by atomic mass is 10.0. The fraction of sp³-hybridized carbons (Fsp3) is 0.294. The van der Waals surface area contributed by atoms with Crippen LogP contribution in [-0.4, -0.2) is 16.6 Å². The monoisotopic (exact) mass is 282 g/mol. The Morgan fingerprint density at radius 3 is 2.71 bits per heavy atom. The van der Waals surface area contributed by atoms with Gasteiger partial charge in [-0.15, -0.1) is 0 Å². The van der Waals surface area contributed by atoms with Crippen molar-refractivity contribution in [3.05, 3.63) is 59.5 Å². The summed E-state index contributed by atoms with van der Waals surface area (Å²) >= 11 is 0. The quantitative estimate of drug-likeness (QED) is 0.862. The number of hydrazone groups is 1. The Morgan fingerprint density at radius 2 is 2.10 bits per heavy atom. The first-order chi connectivity index (χ1) is 10.2. The van der Waals surface area contributed by atoms with Gasteiger partial charge in [0.25, 0.3) is 0 Å². The number of carbonyl (C=O) groups excluding carboxylic acids is 1. The second-order valence-corrected chi connectivity index (χ2v) is 5.24. The van der Waals surface area contributed by atoms with E-state index in [9.17, 15) is 4.79 Å². The average Bonchev–Trinajstić information content (AvgIpc) is 3.16. The second-order valence-electron chi connectivity index (χ2n) is 5.24. The van der Waals surface area contributed by atoms with Gasteiger partial charge in [0.2, 0.25) is 5.91 Å². The van der Waals surface area contributed by atoms with Crippen LogP contribution >= 0.6 is 0 Å². The second kappa shape index (κ2) is 5.56. The van der Waals surface area contributed by atoms with Crippen LogP contribution in [0, 0.1) is 6.92 Å². The van der Waals surface area contributed by atoms with Gasteiger partial charge in [-0.1, -0.05) is 36.8 Å². The van der Waals surface area contributed by atoms with Crippen LogP contribution < -0.4 is 0 Å². The van der Waals surface area contributed by atoms with Gasteiger partial charge in [-0.05, 0) is 24.6 Å². The highest BCUT2D eigenvalue weighted by Crippen LogP contribution is 2.33. The summed E-state index contributed by atoms with van der Waals surface area (Å²) in [7, 11) is 0. The van der Waals surface area contributed by atoms with E-state index in [4.69, 9.17) is 4.42 Å². The van der Waals surface area contributed by atoms with Gasteiger partial charge in [-0.3, -0.25) is 4.79 Å². The summed E-state index contributed by atoms with van der Waals surface area (Å²) in [5.41, 5.74) is 3.20. The lowest BCUT2D eigenvalue weighted by Crippen LogP contribution is -2.25. The van der Waals surface area contributed by atoms with Gasteiger partial charge >= 0.3 is 0 Å². The van der Waals surface area contributed by atoms with Crippen molar-refractivity contribution in [1.29, 1.82) is 0 Å². The summed E-state index contributed by atoms with van der Waals surface area (Å²) < 4.78 is 5.48. The van der Waals surface area contributed by atoms with Crippen molar-refractivity contribution in [3.8, 4) is 0 Å². The number of furan rings is 1. The van der Waals surface area contributed by atoms with Gasteiger partial charge < -0.3 is 4.42 Å². The molecule has 0 unspecified atom stereocenters. The number of carbonyl (C=O) groups is 1. The Hall–Kier alpha value is -2.36. The average molecular weight is 282 g/mol. The van der Waals surface area contributed by atoms with Gasteiger partial charge in [0.15, 0.2) is 0 Å². The molecule has 0 aliphatic carbocycles. The molecule has 4 heteroatoms. The zero-order valence-corrected chi connectivity index (χ0v) is 12.2. The highest BCUT2D eigenvalue weighted by molar-refractivity contribution is 6.03. The third-order valence-electron chi connectivity index (χ3n) is 3.72. The van der Waals surface area contributed by atoms with E-state index in [1.807, 2.05) is 31.2 Å². The number of aryl methyl sites for hydroxylation is 1. The van der Waals surface area contributed by atoms with Crippen molar-refractivity contribution in [2.75, 3.05) is 0 Å². The lowest BCUT2D eigenvalue weighted by molar-refractivity contribution is -0.133. The van der Waals surface area contributed by atoms with Crippen molar-refractivity contribution in [2.45, 2.75) is 32.7 Å². The molecule has 1 atom stereocenters. The lowest BCUT2D eigenvalue weighted by Gasteiger charge is -2.18. The summed E-state index contributed by atoms with van der Waals surface area (Å²) in [6.07, 6.45) is 2.75. The number of amides is 1. The number of benzene rings is 1. The largest absolute Gasteiger partial charge is 0.467 e. The standard InChI is InChI=1S/C17H18N2O2/c1-3-17(20)19-15(16-5-4-10-21-16)11-14(18-19)13-8-6-12(2)7-9-13/h4-10,15H,3,11H2,1-2H3/t15-/m1/s1. The first-order valence-electron chi connectivity index (χ1n) is 7.19. The molecule has 1 aliphatic heterocycles. The molecule has 0 bridgehead atoms. The summed E-state index contributed by atoms with van der Waals surface area (Å²) in [6.45, 7) is 3.90. The predicted molar refractivity (Wildman–Crippen MR) is 80.9 cm³/mol. The Labute approximate surface area is 124 Å². The van der Waals surface area contributed by atoms with Gasteiger partial charge in [0.05, 0.1) is 12.0 Å². The molecule has 0 saturated heterocycles. The maximum atomic E-state index is 12.1. The molecule has 1 aliphatic rings. The van der Waals surface area contributed by atoms with Gasteiger partial charge in [0, 0.05) is 12.8 Å². The Bertz CT molecular complexity index is 657. The first kappa shape index (κ1) is 13.6. The van der Waals surface area contributed by atoms with Gasteiger partial charge in [0.1, 0.15) is 11.8 Å². The molecule has 0 saturated carbocycles. The van der Waals surface area contributed by atoms with Crippen molar-refractivity contribution in [1.82, 2.24) is 5.01 Å². The van der Waals surface area contributed by atoms with Gasteiger partial charge in [-0.25, -0.2) is 5.01 Å². The van der Waals surface area contributed by atoms with E-state index >= 15 is 0 Å². The molecular weight excluding hydrogens is 264 g/mol. The van der Waals surface area contributed by atoms with Crippen molar-refractivity contribution < 1.29 is 9.21 Å². The molecule has 1 amide bonds. The topological polar surface area (TPSA) is 45.8 Å². The van der Waals surface area contributed by atoms with Gasteiger partial charge in [-0.2, -0.15) is 5.10 Å². The number of hydrogen-bond acceptors (Lipinski definition) is 3. The predicted octanol–water partition coefficient (Wildman–Crippen LogP) is 3.68. The van der Waals surface area contributed by atoms with Crippen LogP contribution in [0.25, 0.3) is 0 Å². The maximum absolute atomic E-state index is 12.1. The SMILES string of the molecule is CCC(=O)N1N=C(c2ccc(C)cc2)C[C@@H]1c1ccco1. The molecule has 1 aromatic carbocycles. The Kier molecular flexibility index (Phi) is 3.60. The van der Waals surface area contributed by atoms with Crippen LogP contribution in [0.2, 0.25) is 0 Å². The minimum atomic E-state index is -0.135. The van der Waals surface area contributed by atoms with Crippen LogP contribution in [0.15, 0.2) is 52.2 Å². The maximum Gasteiger partial charge on any atom is 0.243 e. The molecule has 0 fully saturated rings. The summed E-state index contributed by atoms with van der Waals surface area (Å²) in [4.78, 5) is 12.1. The van der Waals surface area contributed by atoms with E-state index in [0.717, 1.165) is 17.0 Å². The van der Waals surface area contributed by atoms with E-state index in [2.05, 4.69) is 24.2 Å². The van der Waals surface area contributed by atoms with E-state index in [1.165, 1.54) is 5.56 Å².